The number of hydrogen-bond donors (Lipinski definition) is 1. The van der Waals surface area contributed by atoms with Crippen molar-refractivity contribution >= 4 is 0 Å². The Labute approximate surface area is 189 Å². The number of likely N-dealkylation sites (tertiary alicyclic amines) is 1. The van der Waals surface area contributed by atoms with Gasteiger partial charge in [-0.15, -0.1) is 0 Å². The van der Waals surface area contributed by atoms with Gasteiger partial charge in [0.15, 0.2) is 0 Å². The number of benzene rings is 1. The van der Waals surface area contributed by atoms with Gasteiger partial charge in [0.1, 0.15) is 5.82 Å². The molecule has 1 aromatic carbocycles. The second kappa shape index (κ2) is 8.75. The molecule has 32 heavy (non-hydrogen) atoms. The predicted molar refractivity (Wildman–Crippen MR) is 124 cm³/mol. The van der Waals surface area contributed by atoms with Crippen molar-refractivity contribution in [2.75, 3.05) is 13.1 Å². The Bertz CT molecular complexity index is 1050. The third-order valence-corrected chi connectivity index (χ3v) is 6.89. The lowest BCUT2D eigenvalue weighted by molar-refractivity contribution is 0.168. The van der Waals surface area contributed by atoms with Gasteiger partial charge in [-0.25, -0.2) is 9.07 Å². The van der Waals surface area contributed by atoms with Crippen molar-refractivity contribution in [1.82, 2.24) is 25.0 Å². The lowest BCUT2D eigenvalue weighted by Crippen LogP contribution is -2.45. The van der Waals surface area contributed by atoms with Crippen molar-refractivity contribution in [2.45, 2.75) is 58.2 Å². The summed E-state index contributed by atoms with van der Waals surface area (Å²) in [6, 6.07) is 11.7. The van der Waals surface area contributed by atoms with E-state index in [0.717, 1.165) is 51.0 Å². The van der Waals surface area contributed by atoms with E-state index in [1.807, 2.05) is 35.4 Å². The first-order valence-electron chi connectivity index (χ1n) is 11.7. The highest BCUT2D eigenvalue weighted by Gasteiger charge is 2.36. The smallest absolute Gasteiger partial charge is 0.125 e. The van der Waals surface area contributed by atoms with Crippen molar-refractivity contribution in [1.29, 1.82) is 0 Å². The predicted octanol–water partition coefficient (Wildman–Crippen LogP) is 4.67. The minimum atomic E-state index is -0.227. The summed E-state index contributed by atoms with van der Waals surface area (Å²) in [6.07, 6.45) is 10.1. The normalized spacial score (nSPS) is 21.4. The first kappa shape index (κ1) is 21.3. The van der Waals surface area contributed by atoms with Gasteiger partial charge in [0.2, 0.25) is 0 Å². The summed E-state index contributed by atoms with van der Waals surface area (Å²) in [5.74, 6) is -0.227. The number of piperidine rings is 1. The van der Waals surface area contributed by atoms with Gasteiger partial charge in [-0.1, -0.05) is 26.0 Å². The zero-order valence-corrected chi connectivity index (χ0v) is 19.0. The molecule has 6 heteroatoms. The molecule has 3 heterocycles. The largest absolute Gasteiger partial charge is 0.307 e. The van der Waals surface area contributed by atoms with Gasteiger partial charge in [-0.05, 0) is 74.0 Å². The third-order valence-electron chi connectivity index (χ3n) is 6.89. The fourth-order valence-electron chi connectivity index (χ4n) is 5.31. The van der Waals surface area contributed by atoms with E-state index < -0.39 is 0 Å². The minimum absolute atomic E-state index is 0.163. The molecule has 1 saturated heterocycles. The second-order valence-corrected chi connectivity index (χ2v) is 10.1. The fourth-order valence-corrected chi connectivity index (χ4v) is 5.31. The number of hydrogen-bond acceptors (Lipinski definition) is 4. The van der Waals surface area contributed by atoms with Crippen LogP contribution in [-0.2, 0) is 13.0 Å². The van der Waals surface area contributed by atoms with E-state index in [1.165, 1.54) is 22.9 Å². The van der Waals surface area contributed by atoms with E-state index in [-0.39, 0.29) is 17.3 Å². The van der Waals surface area contributed by atoms with Crippen LogP contribution in [0.2, 0.25) is 0 Å². The SMILES string of the molecule is CC1(C)Cc2c(cnn2-c2cccc(F)c2)[C@H](NC2CCN(Cc3cccnc3)CC2)C1. The molecule has 3 aromatic rings. The van der Waals surface area contributed by atoms with Gasteiger partial charge < -0.3 is 5.32 Å². The molecule has 1 N–H and O–H groups in total. The molecule has 5 nitrogen and oxygen atoms in total. The van der Waals surface area contributed by atoms with Crippen molar-refractivity contribution in [2.24, 2.45) is 5.41 Å². The number of halogens is 1. The van der Waals surface area contributed by atoms with Crippen LogP contribution >= 0.6 is 0 Å². The molecule has 1 fully saturated rings. The van der Waals surface area contributed by atoms with E-state index in [9.17, 15) is 4.39 Å². The Morgan fingerprint density at radius 2 is 1.97 bits per heavy atom. The van der Waals surface area contributed by atoms with Crippen LogP contribution in [-0.4, -0.2) is 38.8 Å². The van der Waals surface area contributed by atoms with Crippen molar-refractivity contribution in [3.8, 4) is 5.69 Å². The van der Waals surface area contributed by atoms with Crippen molar-refractivity contribution < 1.29 is 4.39 Å². The van der Waals surface area contributed by atoms with Crippen LogP contribution in [0.15, 0.2) is 55.0 Å². The Kier molecular flexibility index (Phi) is 5.82. The maximum atomic E-state index is 13.8. The Balaban J connectivity index is 1.28. The van der Waals surface area contributed by atoms with Gasteiger partial charge in [0.25, 0.3) is 0 Å². The van der Waals surface area contributed by atoms with Gasteiger partial charge in [-0.3, -0.25) is 9.88 Å². The molecule has 1 aliphatic carbocycles. The minimum Gasteiger partial charge on any atom is -0.307 e. The Hall–Kier alpha value is -2.57. The van der Waals surface area contributed by atoms with Crippen LogP contribution in [0.5, 0.6) is 0 Å². The van der Waals surface area contributed by atoms with E-state index in [2.05, 4.69) is 40.2 Å². The maximum absolute atomic E-state index is 13.8. The first-order chi connectivity index (χ1) is 15.5. The highest BCUT2D eigenvalue weighted by atomic mass is 19.1. The third kappa shape index (κ3) is 4.62. The summed E-state index contributed by atoms with van der Waals surface area (Å²) in [4.78, 5) is 6.76. The summed E-state index contributed by atoms with van der Waals surface area (Å²) in [5.41, 5.74) is 4.72. The van der Waals surface area contributed by atoms with E-state index in [1.54, 1.807) is 12.1 Å². The number of rotatable bonds is 5. The number of nitrogens with zero attached hydrogens (tertiary/aromatic N) is 4. The van der Waals surface area contributed by atoms with E-state index in [4.69, 9.17) is 0 Å². The number of pyridine rings is 1. The standard InChI is InChI=1S/C26H32FN5/c1-26(2)14-24(23-17-29-32(25(23)15-26)22-7-3-6-20(27)13-22)30-21-8-11-31(12-9-21)18-19-5-4-10-28-16-19/h3-7,10,13,16-17,21,24,30H,8-9,11-12,14-15,18H2,1-2H3/t24-/m1/s1. The fraction of sp³-hybridized carbons (Fsp3) is 0.462. The highest BCUT2D eigenvalue weighted by Crippen LogP contribution is 2.42. The van der Waals surface area contributed by atoms with Crippen molar-refractivity contribution in [3.63, 3.8) is 0 Å². The zero-order chi connectivity index (χ0) is 22.1. The molecular formula is C26H32FN5. The van der Waals surface area contributed by atoms with Crippen LogP contribution < -0.4 is 5.32 Å². The van der Waals surface area contributed by atoms with Gasteiger partial charge in [0.05, 0.1) is 11.9 Å². The number of fused-ring (bicyclic) bond motifs is 1. The monoisotopic (exact) mass is 433 g/mol. The Morgan fingerprint density at radius 3 is 2.72 bits per heavy atom. The van der Waals surface area contributed by atoms with Crippen molar-refractivity contribution in [3.05, 3.63) is 77.6 Å². The Morgan fingerprint density at radius 1 is 1.12 bits per heavy atom. The molecule has 2 aromatic heterocycles. The number of nitrogens with one attached hydrogen (secondary N) is 1. The van der Waals surface area contributed by atoms with Gasteiger partial charge in [-0.2, -0.15) is 5.10 Å². The summed E-state index contributed by atoms with van der Waals surface area (Å²) in [5, 5.41) is 8.64. The van der Waals surface area contributed by atoms with Gasteiger partial charge >= 0.3 is 0 Å². The maximum Gasteiger partial charge on any atom is 0.125 e. The zero-order valence-electron chi connectivity index (χ0n) is 19.0. The summed E-state index contributed by atoms with van der Waals surface area (Å²) in [7, 11) is 0. The van der Waals surface area contributed by atoms with E-state index in [0.29, 0.717) is 6.04 Å². The lowest BCUT2D eigenvalue weighted by atomic mass is 9.74. The van der Waals surface area contributed by atoms with E-state index >= 15 is 0 Å². The molecule has 1 atom stereocenters. The lowest BCUT2D eigenvalue weighted by Gasteiger charge is -2.40. The quantitative estimate of drug-likeness (QED) is 0.635. The molecular weight excluding hydrogens is 401 g/mol. The summed E-state index contributed by atoms with van der Waals surface area (Å²) in [6.45, 7) is 7.81. The van der Waals surface area contributed by atoms with Crippen LogP contribution in [0.1, 0.15) is 56.0 Å². The molecule has 0 unspecified atom stereocenters. The molecule has 1 aliphatic heterocycles. The molecule has 0 saturated carbocycles. The average molecular weight is 434 g/mol. The average Bonchev–Trinajstić information content (AvgIpc) is 3.19. The molecule has 5 rings (SSSR count). The topological polar surface area (TPSA) is 46.0 Å². The highest BCUT2D eigenvalue weighted by molar-refractivity contribution is 5.38. The summed E-state index contributed by atoms with van der Waals surface area (Å²) < 4.78 is 15.8. The van der Waals surface area contributed by atoms with Crippen LogP contribution in [0.25, 0.3) is 5.69 Å². The molecule has 0 amide bonds. The second-order valence-electron chi connectivity index (χ2n) is 10.1. The molecule has 0 bridgehead atoms. The summed E-state index contributed by atoms with van der Waals surface area (Å²) >= 11 is 0. The first-order valence-corrected chi connectivity index (χ1v) is 11.7. The van der Waals surface area contributed by atoms with Crippen LogP contribution in [0, 0.1) is 11.2 Å². The van der Waals surface area contributed by atoms with Gasteiger partial charge in [0, 0.05) is 42.3 Å². The molecule has 168 valence electrons. The molecule has 0 radical (unpaired) electrons. The number of aromatic nitrogens is 3. The van der Waals surface area contributed by atoms with Crippen LogP contribution in [0.4, 0.5) is 4.39 Å². The molecule has 2 aliphatic rings. The van der Waals surface area contributed by atoms with Crippen LogP contribution in [0.3, 0.4) is 0 Å². The molecule has 0 spiro atoms.